The van der Waals surface area contributed by atoms with Gasteiger partial charge in [0.1, 0.15) is 0 Å². The second kappa shape index (κ2) is 6.24. The van der Waals surface area contributed by atoms with Gasteiger partial charge in [-0.05, 0) is 50.3 Å². The summed E-state index contributed by atoms with van der Waals surface area (Å²) in [6.45, 7) is 5.38. The predicted molar refractivity (Wildman–Crippen MR) is 83.7 cm³/mol. The molecular formula is C17H26N2O2. The van der Waals surface area contributed by atoms with E-state index in [4.69, 9.17) is 4.74 Å². The van der Waals surface area contributed by atoms with E-state index in [1.807, 2.05) is 18.2 Å². The van der Waals surface area contributed by atoms with Crippen molar-refractivity contribution in [2.75, 3.05) is 33.3 Å². The molecule has 116 valence electrons. The molecule has 0 bridgehead atoms. The molecule has 1 aromatic carbocycles. The van der Waals surface area contributed by atoms with Gasteiger partial charge in [0, 0.05) is 25.2 Å². The van der Waals surface area contributed by atoms with E-state index >= 15 is 0 Å². The van der Waals surface area contributed by atoms with Crippen LogP contribution in [0.5, 0.6) is 11.5 Å². The van der Waals surface area contributed by atoms with E-state index in [0.717, 1.165) is 31.7 Å². The van der Waals surface area contributed by atoms with Gasteiger partial charge in [0.05, 0.1) is 7.11 Å². The van der Waals surface area contributed by atoms with Crippen LogP contribution in [-0.4, -0.2) is 43.3 Å². The van der Waals surface area contributed by atoms with E-state index < -0.39 is 0 Å². The Bertz CT molecular complexity index is 478. The topological polar surface area (TPSA) is 44.7 Å². The molecule has 1 atom stereocenters. The molecule has 1 aromatic rings. The van der Waals surface area contributed by atoms with Gasteiger partial charge in [0.25, 0.3) is 0 Å². The lowest BCUT2D eigenvalue weighted by atomic mass is 9.74. The van der Waals surface area contributed by atoms with Crippen molar-refractivity contribution in [3.63, 3.8) is 0 Å². The minimum Gasteiger partial charge on any atom is -0.504 e. The molecule has 0 radical (unpaired) electrons. The zero-order chi connectivity index (χ0) is 14.7. The van der Waals surface area contributed by atoms with Crippen molar-refractivity contribution >= 4 is 0 Å². The molecule has 0 amide bonds. The number of para-hydroxylation sites is 1. The molecule has 2 N–H and O–H groups in total. The van der Waals surface area contributed by atoms with Crippen LogP contribution in [0, 0.1) is 5.41 Å². The maximum absolute atomic E-state index is 10.3. The molecule has 0 aromatic heterocycles. The fourth-order valence-electron chi connectivity index (χ4n) is 3.92. The quantitative estimate of drug-likeness (QED) is 0.897. The SMILES string of the molecule is COc1cccc(CN2CCCC3(CCCNC3)C2)c1O. The first-order chi connectivity index (χ1) is 10.2. The first-order valence-corrected chi connectivity index (χ1v) is 8.00. The zero-order valence-electron chi connectivity index (χ0n) is 12.9. The van der Waals surface area contributed by atoms with Gasteiger partial charge in [-0.2, -0.15) is 0 Å². The Labute approximate surface area is 127 Å². The van der Waals surface area contributed by atoms with E-state index in [1.165, 1.54) is 32.2 Å². The van der Waals surface area contributed by atoms with Gasteiger partial charge in [-0.3, -0.25) is 4.90 Å². The van der Waals surface area contributed by atoms with Crippen molar-refractivity contribution in [1.82, 2.24) is 10.2 Å². The van der Waals surface area contributed by atoms with Crippen molar-refractivity contribution in [3.8, 4) is 11.5 Å². The smallest absolute Gasteiger partial charge is 0.162 e. The molecule has 3 rings (SSSR count). The molecule has 2 heterocycles. The summed E-state index contributed by atoms with van der Waals surface area (Å²) < 4.78 is 5.21. The number of nitrogens with zero attached hydrogens (tertiary/aromatic N) is 1. The maximum atomic E-state index is 10.3. The van der Waals surface area contributed by atoms with Crippen LogP contribution in [0.2, 0.25) is 0 Å². The van der Waals surface area contributed by atoms with Crippen molar-refractivity contribution in [2.45, 2.75) is 32.2 Å². The maximum Gasteiger partial charge on any atom is 0.162 e. The normalized spacial score (nSPS) is 26.9. The lowest BCUT2D eigenvalue weighted by Gasteiger charge is -2.45. The summed E-state index contributed by atoms with van der Waals surface area (Å²) in [6, 6.07) is 5.76. The van der Waals surface area contributed by atoms with E-state index in [-0.39, 0.29) is 0 Å². The van der Waals surface area contributed by atoms with Gasteiger partial charge in [0.2, 0.25) is 0 Å². The van der Waals surface area contributed by atoms with Gasteiger partial charge in [-0.1, -0.05) is 12.1 Å². The number of hydrogen-bond acceptors (Lipinski definition) is 4. The summed E-state index contributed by atoms with van der Waals surface area (Å²) >= 11 is 0. The van der Waals surface area contributed by atoms with Crippen LogP contribution in [0.4, 0.5) is 0 Å². The third-order valence-corrected chi connectivity index (χ3v) is 5.00. The van der Waals surface area contributed by atoms with Crippen LogP contribution in [0.25, 0.3) is 0 Å². The molecule has 2 aliphatic rings. The van der Waals surface area contributed by atoms with Gasteiger partial charge in [-0.25, -0.2) is 0 Å². The number of ether oxygens (including phenoxy) is 1. The second-order valence-electron chi connectivity index (χ2n) is 6.56. The third kappa shape index (κ3) is 3.16. The summed E-state index contributed by atoms with van der Waals surface area (Å²) in [4.78, 5) is 2.49. The Kier molecular flexibility index (Phi) is 4.36. The summed E-state index contributed by atoms with van der Waals surface area (Å²) in [6.07, 6.45) is 5.21. The number of benzene rings is 1. The molecule has 2 fully saturated rings. The minimum atomic E-state index is 0.293. The monoisotopic (exact) mass is 290 g/mol. The number of likely N-dealkylation sites (tertiary alicyclic amines) is 1. The molecule has 4 nitrogen and oxygen atoms in total. The standard InChI is InChI=1S/C17H26N2O2/c1-21-15-6-2-5-14(16(15)20)11-19-10-4-8-17(13-19)7-3-9-18-12-17/h2,5-6,18,20H,3-4,7-13H2,1H3. The summed E-state index contributed by atoms with van der Waals surface area (Å²) in [5.41, 5.74) is 1.42. The Morgan fingerprint density at radius 2 is 2.19 bits per heavy atom. The van der Waals surface area contributed by atoms with Crippen LogP contribution in [0.15, 0.2) is 18.2 Å². The average molecular weight is 290 g/mol. The zero-order valence-corrected chi connectivity index (χ0v) is 12.9. The van der Waals surface area contributed by atoms with Gasteiger partial charge in [-0.15, -0.1) is 0 Å². The van der Waals surface area contributed by atoms with E-state index in [2.05, 4.69) is 10.2 Å². The van der Waals surface area contributed by atoms with E-state index in [9.17, 15) is 5.11 Å². The molecule has 1 spiro atoms. The molecule has 21 heavy (non-hydrogen) atoms. The summed E-state index contributed by atoms with van der Waals surface area (Å²) in [7, 11) is 1.60. The first-order valence-electron chi connectivity index (χ1n) is 8.00. The van der Waals surface area contributed by atoms with Crippen LogP contribution < -0.4 is 10.1 Å². The number of methoxy groups -OCH3 is 1. The lowest BCUT2D eigenvalue weighted by molar-refractivity contribution is 0.0596. The van der Waals surface area contributed by atoms with Crippen LogP contribution in [-0.2, 0) is 6.54 Å². The number of nitrogens with one attached hydrogen (secondary N) is 1. The molecule has 0 saturated carbocycles. The van der Waals surface area contributed by atoms with Crippen LogP contribution in [0.3, 0.4) is 0 Å². The number of rotatable bonds is 3. The van der Waals surface area contributed by atoms with E-state index in [0.29, 0.717) is 16.9 Å². The Balaban J connectivity index is 1.70. The second-order valence-corrected chi connectivity index (χ2v) is 6.56. The minimum absolute atomic E-state index is 0.293. The average Bonchev–Trinajstić information content (AvgIpc) is 2.50. The fraction of sp³-hybridized carbons (Fsp3) is 0.647. The number of phenolic OH excluding ortho intramolecular Hbond substituents is 1. The highest BCUT2D eigenvalue weighted by molar-refractivity contribution is 5.45. The van der Waals surface area contributed by atoms with Crippen LogP contribution >= 0.6 is 0 Å². The molecule has 0 aliphatic carbocycles. The number of hydrogen-bond donors (Lipinski definition) is 2. The van der Waals surface area contributed by atoms with E-state index in [1.54, 1.807) is 7.11 Å². The third-order valence-electron chi connectivity index (χ3n) is 5.00. The first kappa shape index (κ1) is 14.7. The molecule has 2 aliphatic heterocycles. The lowest BCUT2D eigenvalue weighted by Crippen LogP contribution is -2.50. The highest BCUT2D eigenvalue weighted by Gasteiger charge is 2.36. The number of aromatic hydroxyl groups is 1. The Hall–Kier alpha value is -1.26. The van der Waals surface area contributed by atoms with Crippen molar-refractivity contribution in [2.24, 2.45) is 5.41 Å². The Morgan fingerprint density at radius 1 is 1.33 bits per heavy atom. The number of phenols is 1. The van der Waals surface area contributed by atoms with Crippen molar-refractivity contribution in [3.05, 3.63) is 23.8 Å². The highest BCUT2D eigenvalue weighted by Crippen LogP contribution is 2.37. The van der Waals surface area contributed by atoms with Gasteiger partial charge in [0.15, 0.2) is 11.5 Å². The molecular weight excluding hydrogens is 264 g/mol. The molecule has 2 saturated heterocycles. The fourth-order valence-corrected chi connectivity index (χ4v) is 3.92. The van der Waals surface area contributed by atoms with Crippen LogP contribution in [0.1, 0.15) is 31.2 Å². The van der Waals surface area contributed by atoms with Crippen molar-refractivity contribution in [1.29, 1.82) is 0 Å². The Morgan fingerprint density at radius 3 is 2.95 bits per heavy atom. The van der Waals surface area contributed by atoms with Gasteiger partial charge < -0.3 is 15.2 Å². The van der Waals surface area contributed by atoms with Crippen molar-refractivity contribution < 1.29 is 9.84 Å². The highest BCUT2D eigenvalue weighted by atomic mass is 16.5. The largest absolute Gasteiger partial charge is 0.504 e. The number of piperidine rings is 2. The summed E-state index contributed by atoms with van der Waals surface area (Å²) in [5, 5.41) is 13.8. The molecule has 4 heteroatoms. The van der Waals surface area contributed by atoms with Gasteiger partial charge >= 0.3 is 0 Å². The summed E-state index contributed by atoms with van der Waals surface area (Å²) in [5.74, 6) is 0.861. The predicted octanol–water partition coefficient (Wildman–Crippen LogP) is 2.37. The molecule has 1 unspecified atom stereocenters.